The second-order valence-electron chi connectivity index (χ2n) is 5.73. The molecule has 1 saturated carbocycles. The molecule has 1 fully saturated rings. The van der Waals surface area contributed by atoms with Crippen LogP contribution in [0.3, 0.4) is 0 Å². The van der Waals surface area contributed by atoms with Crippen molar-refractivity contribution in [3.8, 4) is 0 Å². The first-order valence-corrected chi connectivity index (χ1v) is 7.75. The van der Waals surface area contributed by atoms with Gasteiger partial charge >= 0.3 is 0 Å². The van der Waals surface area contributed by atoms with Crippen LogP contribution < -0.4 is 10.6 Å². The predicted molar refractivity (Wildman–Crippen MR) is 84.7 cm³/mol. The monoisotopic (exact) mass is 302 g/mol. The quantitative estimate of drug-likeness (QED) is 0.821. The van der Waals surface area contributed by atoms with E-state index in [-0.39, 0.29) is 30.1 Å². The van der Waals surface area contributed by atoms with Gasteiger partial charge in [0.15, 0.2) is 5.78 Å². The highest BCUT2D eigenvalue weighted by atomic mass is 16.2. The molecule has 0 atom stereocenters. The van der Waals surface area contributed by atoms with Crippen LogP contribution in [0.25, 0.3) is 0 Å². The van der Waals surface area contributed by atoms with E-state index in [1.807, 2.05) is 0 Å². The summed E-state index contributed by atoms with van der Waals surface area (Å²) < 4.78 is 0. The van der Waals surface area contributed by atoms with Gasteiger partial charge in [0.25, 0.3) is 0 Å². The molecule has 0 aliphatic heterocycles. The lowest BCUT2D eigenvalue weighted by Crippen LogP contribution is -2.37. The maximum absolute atomic E-state index is 11.9. The molecule has 0 spiro atoms. The third-order valence-electron chi connectivity index (χ3n) is 3.97. The van der Waals surface area contributed by atoms with Crippen molar-refractivity contribution in [1.29, 1.82) is 0 Å². The smallest absolute Gasteiger partial charge is 0.243 e. The normalized spacial score (nSPS) is 15.1. The first kappa shape index (κ1) is 16.2. The third-order valence-corrected chi connectivity index (χ3v) is 3.97. The van der Waals surface area contributed by atoms with Crippen molar-refractivity contribution in [1.82, 2.24) is 5.32 Å². The van der Waals surface area contributed by atoms with E-state index in [1.54, 1.807) is 24.3 Å². The minimum atomic E-state index is -0.264. The Morgan fingerprint density at radius 3 is 2.27 bits per heavy atom. The Bertz CT molecular complexity index is 546. The van der Waals surface area contributed by atoms with Crippen LogP contribution in [-0.2, 0) is 9.59 Å². The summed E-state index contributed by atoms with van der Waals surface area (Å²) in [4.78, 5) is 34.9. The van der Waals surface area contributed by atoms with E-state index in [1.165, 1.54) is 13.3 Å². The summed E-state index contributed by atoms with van der Waals surface area (Å²) in [6.07, 6.45) is 5.21. The molecule has 1 aromatic carbocycles. The van der Waals surface area contributed by atoms with E-state index in [4.69, 9.17) is 0 Å². The number of Topliss-reactive ketones (excluding diaryl/α,β-unsaturated/α-hetero) is 1. The zero-order valence-corrected chi connectivity index (χ0v) is 12.9. The van der Waals surface area contributed by atoms with Gasteiger partial charge in [-0.25, -0.2) is 0 Å². The molecule has 1 aliphatic carbocycles. The van der Waals surface area contributed by atoms with E-state index >= 15 is 0 Å². The SMILES string of the molecule is CC(=O)c1ccc(NC(=O)CNC(=O)C2CCCCC2)cc1. The lowest BCUT2D eigenvalue weighted by Gasteiger charge is -2.20. The molecule has 5 nitrogen and oxygen atoms in total. The minimum absolute atomic E-state index is 0.0161. The summed E-state index contributed by atoms with van der Waals surface area (Å²) in [6.45, 7) is 1.47. The van der Waals surface area contributed by atoms with Crippen molar-refractivity contribution < 1.29 is 14.4 Å². The van der Waals surface area contributed by atoms with E-state index < -0.39 is 0 Å². The molecule has 22 heavy (non-hydrogen) atoms. The van der Waals surface area contributed by atoms with Gasteiger partial charge in [0.1, 0.15) is 0 Å². The lowest BCUT2D eigenvalue weighted by molar-refractivity contribution is -0.128. The van der Waals surface area contributed by atoms with Crippen LogP contribution in [0, 0.1) is 5.92 Å². The van der Waals surface area contributed by atoms with E-state index in [0.717, 1.165) is 25.7 Å². The van der Waals surface area contributed by atoms with Crippen molar-refractivity contribution in [2.24, 2.45) is 5.92 Å². The van der Waals surface area contributed by atoms with Gasteiger partial charge in [-0.1, -0.05) is 19.3 Å². The maximum atomic E-state index is 11.9. The van der Waals surface area contributed by atoms with Gasteiger partial charge in [0, 0.05) is 17.2 Å². The van der Waals surface area contributed by atoms with Gasteiger partial charge in [0.2, 0.25) is 11.8 Å². The number of hydrogen-bond acceptors (Lipinski definition) is 3. The number of rotatable bonds is 5. The van der Waals surface area contributed by atoms with Gasteiger partial charge in [-0.2, -0.15) is 0 Å². The molecule has 5 heteroatoms. The highest BCUT2D eigenvalue weighted by Crippen LogP contribution is 2.23. The Morgan fingerprint density at radius 2 is 1.68 bits per heavy atom. The van der Waals surface area contributed by atoms with E-state index in [9.17, 15) is 14.4 Å². The maximum Gasteiger partial charge on any atom is 0.243 e. The summed E-state index contributed by atoms with van der Waals surface area (Å²) in [5, 5.41) is 5.40. The number of anilines is 1. The summed E-state index contributed by atoms with van der Waals surface area (Å²) in [5.41, 5.74) is 1.21. The highest BCUT2D eigenvalue weighted by Gasteiger charge is 2.21. The molecule has 1 aromatic rings. The summed E-state index contributed by atoms with van der Waals surface area (Å²) in [7, 11) is 0. The summed E-state index contributed by atoms with van der Waals surface area (Å²) >= 11 is 0. The molecule has 0 unspecified atom stereocenters. The van der Waals surface area contributed by atoms with Gasteiger partial charge in [-0.15, -0.1) is 0 Å². The molecule has 2 N–H and O–H groups in total. The van der Waals surface area contributed by atoms with Crippen molar-refractivity contribution >= 4 is 23.3 Å². The Balaban J connectivity index is 1.77. The molecular formula is C17H22N2O3. The Kier molecular flexibility index (Phi) is 5.69. The van der Waals surface area contributed by atoms with Crippen molar-refractivity contribution in [3.05, 3.63) is 29.8 Å². The standard InChI is InChI=1S/C17H22N2O3/c1-12(20)13-7-9-15(10-8-13)19-16(21)11-18-17(22)14-5-3-2-4-6-14/h7-10,14H,2-6,11H2,1H3,(H,18,22)(H,19,21). The molecule has 0 radical (unpaired) electrons. The first-order chi connectivity index (χ1) is 10.6. The van der Waals surface area contributed by atoms with Gasteiger partial charge in [-0.3, -0.25) is 14.4 Å². The Labute approximate surface area is 130 Å². The highest BCUT2D eigenvalue weighted by molar-refractivity contribution is 5.97. The molecule has 1 aliphatic rings. The van der Waals surface area contributed by atoms with Gasteiger partial charge in [-0.05, 0) is 44.0 Å². The number of hydrogen-bond donors (Lipinski definition) is 2. The zero-order chi connectivity index (χ0) is 15.9. The van der Waals surface area contributed by atoms with Gasteiger partial charge in [0.05, 0.1) is 6.54 Å². The fraction of sp³-hybridized carbons (Fsp3) is 0.471. The largest absolute Gasteiger partial charge is 0.347 e. The van der Waals surface area contributed by atoms with Crippen LogP contribution >= 0.6 is 0 Å². The third kappa shape index (κ3) is 4.69. The van der Waals surface area contributed by atoms with Crippen LogP contribution in [-0.4, -0.2) is 24.1 Å². The Hall–Kier alpha value is -2.17. The van der Waals surface area contributed by atoms with Gasteiger partial charge < -0.3 is 10.6 Å². The molecule has 2 rings (SSSR count). The topological polar surface area (TPSA) is 75.3 Å². The van der Waals surface area contributed by atoms with E-state index in [2.05, 4.69) is 10.6 Å². The minimum Gasteiger partial charge on any atom is -0.347 e. The molecular weight excluding hydrogens is 280 g/mol. The lowest BCUT2D eigenvalue weighted by atomic mass is 9.89. The molecule has 118 valence electrons. The van der Waals surface area contributed by atoms with Crippen LogP contribution in [0.5, 0.6) is 0 Å². The molecule has 0 heterocycles. The zero-order valence-electron chi connectivity index (χ0n) is 12.9. The van der Waals surface area contributed by atoms with Crippen molar-refractivity contribution in [2.75, 3.05) is 11.9 Å². The molecule has 0 aromatic heterocycles. The van der Waals surface area contributed by atoms with E-state index in [0.29, 0.717) is 11.3 Å². The van der Waals surface area contributed by atoms with Crippen molar-refractivity contribution in [3.63, 3.8) is 0 Å². The number of nitrogens with one attached hydrogen (secondary N) is 2. The van der Waals surface area contributed by atoms with Crippen LogP contribution in [0.1, 0.15) is 49.4 Å². The summed E-state index contributed by atoms with van der Waals surface area (Å²) in [6, 6.07) is 6.69. The number of amides is 2. The second-order valence-corrected chi connectivity index (χ2v) is 5.73. The van der Waals surface area contributed by atoms with Crippen LogP contribution in [0.4, 0.5) is 5.69 Å². The predicted octanol–water partition coefficient (Wildman–Crippen LogP) is 2.52. The van der Waals surface area contributed by atoms with Crippen molar-refractivity contribution in [2.45, 2.75) is 39.0 Å². The summed E-state index contributed by atoms with van der Waals surface area (Å²) in [5.74, 6) is -0.254. The molecule has 0 bridgehead atoms. The first-order valence-electron chi connectivity index (χ1n) is 7.75. The molecule has 2 amide bonds. The number of carbonyl (C=O) groups excluding carboxylic acids is 3. The van der Waals surface area contributed by atoms with Crippen LogP contribution in [0.15, 0.2) is 24.3 Å². The second kappa shape index (κ2) is 7.73. The fourth-order valence-electron chi connectivity index (χ4n) is 2.67. The fourth-order valence-corrected chi connectivity index (χ4v) is 2.67. The number of benzene rings is 1. The average Bonchev–Trinajstić information content (AvgIpc) is 2.54. The van der Waals surface area contributed by atoms with Crippen LogP contribution in [0.2, 0.25) is 0 Å². The number of ketones is 1. The average molecular weight is 302 g/mol. The Morgan fingerprint density at radius 1 is 1.05 bits per heavy atom. The molecule has 0 saturated heterocycles. The number of carbonyl (C=O) groups is 3.